The Labute approximate surface area is 463 Å². The van der Waals surface area contributed by atoms with Crippen LogP contribution in [0.4, 0.5) is 34.1 Å². The van der Waals surface area contributed by atoms with Crippen LogP contribution in [0.2, 0.25) is 0 Å². The van der Waals surface area contributed by atoms with Crippen molar-refractivity contribution in [3.8, 4) is 0 Å². The maximum absolute atomic E-state index is 10.8. The number of anilines is 6. The zero-order chi connectivity index (χ0) is 74.4. The maximum Gasteiger partial charge on any atom is 0.0653 e. The summed E-state index contributed by atoms with van der Waals surface area (Å²) in [4.78, 5) is 2.31. The Bertz CT molecular complexity index is 5690. The Kier molecular flexibility index (Phi) is 5.09. The summed E-state index contributed by atoms with van der Waals surface area (Å²) < 4.78 is 282. The molecular weight excluding hydrogens is 873 g/mol. The molecule has 0 saturated heterocycles. The number of benzene rings is 9. The van der Waals surface area contributed by atoms with Gasteiger partial charge < -0.3 is 18.6 Å². The minimum absolute atomic E-state index is 0.0212. The summed E-state index contributed by atoms with van der Waals surface area (Å²) in [5.74, 6) is -1.13. The third-order valence-electron chi connectivity index (χ3n) is 13.4. The first kappa shape index (κ1) is 23.2. The molecule has 0 saturated carbocycles. The molecule has 13 aromatic rings. The Hall–Kier alpha value is -7.82. The van der Waals surface area contributed by atoms with Gasteiger partial charge in [-0.3, -0.25) is 0 Å². The second-order valence-corrected chi connectivity index (χ2v) is 19.9. The van der Waals surface area contributed by atoms with Crippen LogP contribution in [0, 0.1) is 0 Å². The summed E-state index contributed by atoms with van der Waals surface area (Å²) >= 11 is 0. The van der Waals surface area contributed by atoms with Crippen molar-refractivity contribution in [1.82, 2.24) is 8.80 Å². The lowest BCUT2D eigenvalue weighted by atomic mass is 9.86. The predicted octanol–water partition coefficient (Wildman–Crippen LogP) is 19.8. The molecule has 4 heterocycles. The van der Waals surface area contributed by atoms with Crippen LogP contribution in [0.3, 0.4) is 0 Å². The van der Waals surface area contributed by atoms with Crippen LogP contribution >= 0.6 is 0 Å². The first-order valence-electron chi connectivity index (χ1n) is 38.1. The Morgan fingerprint density at radius 1 is 0.403 bits per heavy atom. The fourth-order valence-corrected chi connectivity index (χ4v) is 9.81. The van der Waals surface area contributed by atoms with E-state index in [9.17, 15) is 27.4 Å². The minimum atomic E-state index is -4.16. The Morgan fingerprint density at radius 3 is 1.18 bits per heavy atom. The molecule has 0 atom stereocenters. The van der Waals surface area contributed by atoms with Gasteiger partial charge in [0.25, 0.3) is 0 Å². The molecule has 354 valence electrons. The molecule has 0 radical (unpaired) electrons. The predicted molar refractivity (Wildman–Crippen MR) is 311 cm³/mol. The molecule has 0 aliphatic heterocycles. The largest absolute Gasteiger partial charge is 0.310 e. The molecule has 0 bridgehead atoms. The van der Waals surface area contributed by atoms with Crippen LogP contribution in [0.5, 0.6) is 0 Å². The van der Waals surface area contributed by atoms with Gasteiger partial charge in [0.05, 0.1) is 71.9 Å². The van der Waals surface area contributed by atoms with E-state index in [2.05, 4.69) is 0 Å². The molecule has 0 aliphatic rings. The zero-order valence-corrected chi connectivity index (χ0v) is 40.2. The first-order chi connectivity index (χ1) is 46.8. The van der Waals surface area contributed by atoms with Gasteiger partial charge in [0, 0.05) is 78.2 Å². The number of aromatic nitrogens is 2. The zero-order valence-electron chi connectivity index (χ0n) is 69.2. The van der Waals surface area contributed by atoms with Gasteiger partial charge in [-0.25, -0.2) is 0 Å². The van der Waals surface area contributed by atoms with Crippen molar-refractivity contribution in [2.75, 3.05) is 9.80 Å². The highest BCUT2D eigenvalue weighted by molar-refractivity contribution is 6.32. The van der Waals surface area contributed by atoms with E-state index in [1.165, 1.54) is 33.6 Å². The summed E-state index contributed by atoms with van der Waals surface area (Å²) in [6, 6.07) is 1.13. The summed E-state index contributed by atoms with van der Waals surface area (Å²) in [6.07, 6.45) is 0. The van der Waals surface area contributed by atoms with Gasteiger partial charge in [-0.1, -0.05) is 154 Å². The quantitative estimate of drug-likeness (QED) is 0.151. The molecule has 13 rings (SSSR count). The van der Waals surface area contributed by atoms with Crippen LogP contribution in [0.15, 0.2) is 182 Å². The van der Waals surface area contributed by atoms with Crippen LogP contribution in [-0.2, 0) is 10.8 Å². The van der Waals surface area contributed by atoms with Crippen LogP contribution < -0.4 is 9.80 Å². The van der Waals surface area contributed by atoms with Crippen LogP contribution in [0.1, 0.15) is 143 Å². The standard InChI is InChI=1S/C68H62N4/c1-41(2)43-21-27-49(28-22-43)69(47-17-13-11-14-18-47)59-35-31-51-53-39-62-54(40-61(53)71-57-33-25-45(67(5,6)7)37-55(57)63(59)65(51)71)52-32-36-60(64-56-38-46(68(8,9)10)26-34-58(56)72(62)66(52)64)70(48-19-15-12-16-20-48)50-29-23-44(24-30-50)42(3)4/h11-42H,1-10H3/i5D3,6D3,7D3,21D,22D,23D,24D,25D,26D,27D,28D,29D,30D,31D,32D,33D,34D,35D,36D,37D,38D,39D,40D. The third-order valence-corrected chi connectivity index (χ3v) is 13.4. The lowest BCUT2D eigenvalue weighted by molar-refractivity contribution is 0.591. The molecule has 0 amide bonds. The Balaban J connectivity index is 1.35. The second kappa shape index (κ2) is 15.8. The number of hydrogen-bond acceptors (Lipinski definition) is 2. The van der Waals surface area contributed by atoms with E-state index in [4.69, 9.17) is 12.3 Å². The van der Waals surface area contributed by atoms with Crippen LogP contribution in [0.25, 0.3) is 76.2 Å². The highest BCUT2D eigenvalue weighted by Crippen LogP contribution is 2.52. The van der Waals surface area contributed by atoms with E-state index in [-0.39, 0.29) is 77.9 Å². The van der Waals surface area contributed by atoms with Gasteiger partial charge in [-0.05, 0) is 142 Å². The molecule has 0 spiro atoms. The van der Waals surface area contributed by atoms with Crippen molar-refractivity contribution >= 4 is 110 Å². The van der Waals surface area contributed by atoms with E-state index < -0.39 is 219 Å². The number of rotatable bonds is 8. The molecule has 0 N–H and O–H groups in total. The number of fused-ring (bicyclic) bond motifs is 12. The van der Waals surface area contributed by atoms with Gasteiger partial charge in [0.15, 0.2) is 0 Å². The summed E-state index contributed by atoms with van der Waals surface area (Å²) in [5, 5.41) is -3.17. The van der Waals surface area contributed by atoms with Crippen molar-refractivity contribution in [2.45, 2.75) is 91.7 Å². The minimum Gasteiger partial charge on any atom is -0.310 e. The van der Waals surface area contributed by atoms with Crippen molar-refractivity contribution in [2.24, 2.45) is 0 Å². The number of nitrogens with zero attached hydrogens (tertiary/aromatic N) is 4. The number of para-hydroxylation sites is 2. The van der Waals surface area contributed by atoms with E-state index in [1.54, 1.807) is 84.9 Å². The molecule has 4 aromatic heterocycles. The molecule has 4 heteroatoms. The monoisotopic (exact) mass is 964 g/mol. The van der Waals surface area contributed by atoms with Crippen molar-refractivity contribution < 1.29 is 39.8 Å². The fourth-order valence-electron chi connectivity index (χ4n) is 9.81. The fraction of sp³-hybridized carbons (Fsp3) is 0.206. The lowest BCUT2D eigenvalue weighted by Gasteiger charge is -2.27. The van der Waals surface area contributed by atoms with Gasteiger partial charge in [0.2, 0.25) is 0 Å². The average molecular weight is 964 g/mol. The van der Waals surface area contributed by atoms with E-state index in [0.29, 0.717) is 0 Å². The highest BCUT2D eigenvalue weighted by atomic mass is 15.2. The van der Waals surface area contributed by atoms with E-state index >= 15 is 0 Å². The average Bonchev–Trinajstić information content (AvgIpc) is 1.36. The van der Waals surface area contributed by atoms with E-state index in [1.807, 2.05) is 0 Å². The smallest absolute Gasteiger partial charge is 0.0653 e. The van der Waals surface area contributed by atoms with Gasteiger partial charge >= 0.3 is 0 Å². The lowest BCUT2D eigenvalue weighted by Crippen LogP contribution is -2.11. The molecule has 9 aromatic carbocycles. The number of hydrogen-bond donors (Lipinski definition) is 0. The summed E-state index contributed by atoms with van der Waals surface area (Å²) in [7, 11) is 0. The molecular formula is C68H62N4. The Morgan fingerprint density at radius 2 is 0.806 bits per heavy atom. The van der Waals surface area contributed by atoms with Gasteiger partial charge in [0.1, 0.15) is 0 Å². The van der Waals surface area contributed by atoms with Crippen molar-refractivity contribution in [3.63, 3.8) is 0 Å². The van der Waals surface area contributed by atoms with Gasteiger partial charge in [-0.15, -0.1) is 0 Å². The van der Waals surface area contributed by atoms with Crippen molar-refractivity contribution in [3.05, 3.63) is 204 Å². The van der Waals surface area contributed by atoms with Crippen LogP contribution in [-0.4, -0.2) is 8.80 Å². The molecule has 0 fully saturated rings. The maximum atomic E-state index is 10.8. The summed E-state index contributed by atoms with van der Waals surface area (Å²) in [6.45, 7) is -0.645. The molecule has 0 unspecified atom stereocenters. The highest BCUT2D eigenvalue weighted by Gasteiger charge is 2.29. The molecule has 0 aliphatic carbocycles. The normalized spacial score (nSPS) is 19.1. The van der Waals surface area contributed by atoms with E-state index in [0.717, 1.165) is 9.30 Å². The van der Waals surface area contributed by atoms with Gasteiger partial charge in [-0.2, -0.15) is 0 Å². The third kappa shape index (κ3) is 6.57. The topological polar surface area (TPSA) is 15.3 Å². The SMILES string of the molecule is [2H]c1c([2H])c(N(c2ccccc2)c2c([2H])c([2H])c3c4c([2H])c5c(c([2H])c4n4c6c([2H])c([2H])c(C(C)(C)C)c([2H])c6c2c34)c2c([2H])c([2H])c(N(c3ccccc3)c3c([2H])c([2H])c(C(C)C)c([2H])c3[2H])c3c4c([2H])c(C(C([2H])([2H])[2H])(C([2H])([2H])[2H])C([2H])([2H])[2H])c([2H])c([2H])c4n5c23)c([2H])c([2H])c1C(C)C. The second-order valence-electron chi connectivity index (χ2n) is 19.9. The molecule has 4 nitrogen and oxygen atoms in total. The summed E-state index contributed by atoms with van der Waals surface area (Å²) in [5.41, 5.74) is -10.8. The van der Waals surface area contributed by atoms with Crippen molar-refractivity contribution in [1.29, 1.82) is 0 Å². The first-order valence-corrected chi connectivity index (χ1v) is 23.6. The molecule has 72 heavy (non-hydrogen) atoms.